The first kappa shape index (κ1) is 70.3. The zero-order valence-corrected chi connectivity index (χ0v) is 47.8. The maximum absolute atomic E-state index is 13.4. The molecule has 1 aliphatic heterocycles. The third kappa shape index (κ3) is 39.6. The standard InChI is InChI=1S/C65H109NO10/c1-4-7-10-13-16-19-22-25-26-27-28-29-30-31-32-33-35-37-40-43-46-49-52-58(69)64(73)66-56(57(68)51-48-45-42-39-36-24-21-18-15-12-9-6-3)55-74-65-63(62(72)61(71)59(54-67)75-65)76-60(70)53-50-47-44-41-38-34-23-20-17-14-11-8-5-2/h8,11,14,16-17,19-20,23,25-26,28-29,34,38,41,44,48,51,56-59,61-63,65,67-69,71-72H,4-7,9-10,12-13,15,18,21-22,24,27,30-33,35-37,39-40,42-43,45-47,49-50,52-55H2,1-3H3,(H,66,73)/b11-8+,17-14+,19-16-,23-20-,26-25-,29-28-,38-34-,44-41+,51-48+. The maximum Gasteiger partial charge on any atom is 0.306 e. The number of nitrogens with one attached hydrogen (secondary N) is 1. The first-order valence-corrected chi connectivity index (χ1v) is 30.2. The minimum atomic E-state index is -1.65. The van der Waals surface area contributed by atoms with E-state index in [1.165, 1.54) is 103 Å². The van der Waals surface area contributed by atoms with Gasteiger partial charge in [0.1, 0.15) is 24.4 Å². The smallest absolute Gasteiger partial charge is 0.306 e. The molecule has 0 saturated carbocycles. The second-order valence-electron chi connectivity index (χ2n) is 20.5. The fraction of sp³-hybridized carbons (Fsp3) is 0.692. The van der Waals surface area contributed by atoms with Crippen molar-refractivity contribution in [2.75, 3.05) is 13.2 Å². The first-order valence-electron chi connectivity index (χ1n) is 30.2. The first-order chi connectivity index (χ1) is 37.2. The van der Waals surface area contributed by atoms with Gasteiger partial charge in [-0.1, -0.05) is 252 Å². The Kier molecular flexibility index (Phi) is 48.2. The van der Waals surface area contributed by atoms with Crippen LogP contribution in [0.4, 0.5) is 0 Å². The van der Waals surface area contributed by atoms with Gasteiger partial charge in [-0.25, -0.2) is 0 Å². The zero-order chi connectivity index (χ0) is 55.4. The van der Waals surface area contributed by atoms with E-state index in [-0.39, 0.29) is 19.4 Å². The third-order valence-corrected chi connectivity index (χ3v) is 13.5. The number of rotatable bonds is 49. The van der Waals surface area contributed by atoms with E-state index in [9.17, 15) is 35.1 Å². The summed E-state index contributed by atoms with van der Waals surface area (Å²) in [5.41, 5.74) is 0. The Bertz CT molecular complexity index is 1650. The molecule has 76 heavy (non-hydrogen) atoms. The molecular formula is C65H109NO10. The number of carbonyl (C=O) groups is 2. The summed E-state index contributed by atoms with van der Waals surface area (Å²) < 4.78 is 17.5. The number of carbonyl (C=O) groups excluding carboxylic acids is 2. The van der Waals surface area contributed by atoms with Crippen LogP contribution < -0.4 is 5.32 Å². The van der Waals surface area contributed by atoms with Gasteiger partial charge < -0.3 is 45.1 Å². The SMILES string of the molecule is CC/C=C/C=C/C=C\C=C/C=C/CCCC(=O)OC1C(OCC(NC(=O)C(O)CCCCCCCCCCC/C=C\C/C=C\C/C=C\CCCCC)C(O)/C=C/CCCCCCCCCCCC)OC(CO)C(O)C1O. The van der Waals surface area contributed by atoms with Gasteiger partial charge in [0.15, 0.2) is 12.4 Å². The normalized spacial score (nSPS) is 19.9. The molecule has 8 atom stereocenters. The number of unbranched alkanes of at least 4 members (excludes halogenated alkanes) is 23. The molecule has 1 aliphatic rings. The van der Waals surface area contributed by atoms with Crippen molar-refractivity contribution in [2.24, 2.45) is 0 Å². The van der Waals surface area contributed by atoms with E-state index in [4.69, 9.17) is 14.2 Å². The molecule has 0 aromatic heterocycles. The van der Waals surface area contributed by atoms with Gasteiger partial charge in [-0.2, -0.15) is 0 Å². The van der Waals surface area contributed by atoms with Gasteiger partial charge in [-0.15, -0.1) is 0 Å². The lowest BCUT2D eigenvalue weighted by Gasteiger charge is -2.41. The quantitative estimate of drug-likeness (QED) is 0.0149. The number of allylic oxidation sites excluding steroid dienone is 17. The number of aliphatic hydroxyl groups excluding tert-OH is 5. The highest BCUT2D eigenvalue weighted by atomic mass is 16.7. The molecule has 11 nitrogen and oxygen atoms in total. The van der Waals surface area contributed by atoms with Crippen molar-refractivity contribution in [2.45, 2.75) is 275 Å². The predicted molar refractivity (Wildman–Crippen MR) is 315 cm³/mol. The number of aliphatic hydroxyl groups is 5. The Morgan fingerprint density at radius 1 is 0.539 bits per heavy atom. The molecule has 0 aromatic rings. The van der Waals surface area contributed by atoms with Crippen LogP contribution >= 0.6 is 0 Å². The Morgan fingerprint density at radius 3 is 1.55 bits per heavy atom. The molecule has 0 radical (unpaired) electrons. The van der Waals surface area contributed by atoms with Crippen LogP contribution in [0.1, 0.15) is 226 Å². The molecule has 1 fully saturated rings. The van der Waals surface area contributed by atoms with Gasteiger partial charge in [-0.05, 0) is 77.0 Å². The van der Waals surface area contributed by atoms with Crippen LogP contribution in [-0.2, 0) is 23.8 Å². The van der Waals surface area contributed by atoms with Crippen LogP contribution in [0, 0.1) is 0 Å². The molecule has 6 N–H and O–H groups in total. The number of hydrogen-bond acceptors (Lipinski definition) is 10. The van der Waals surface area contributed by atoms with E-state index in [2.05, 4.69) is 68.6 Å². The van der Waals surface area contributed by atoms with Gasteiger partial charge in [0.05, 0.1) is 25.4 Å². The Hall–Kier alpha value is -3.68. The highest BCUT2D eigenvalue weighted by molar-refractivity contribution is 5.80. The molecule has 1 heterocycles. The molecule has 0 bridgehead atoms. The van der Waals surface area contributed by atoms with Gasteiger partial charge in [0.25, 0.3) is 0 Å². The van der Waals surface area contributed by atoms with Gasteiger partial charge >= 0.3 is 5.97 Å². The highest BCUT2D eigenvalue weighted by Gasteiger charge is 2.47. The molecule has 0 aromatic carbocycles. The Labute approximate surface area is 462 Å². The lowest BCUT2D eigenvalue weighted by atomic mass is 9.99. The number of hydrogen-bond donors (Lipinski definition) is 6. The number of esters is 1. The highest BCUT2D eigenvalue weighted by Crippen LogP contribution is 2.26. The average Bonchev–Trinajstić information content (AvgIpc) is 3.42. The number of amides is 1. The molecule has 0 aliphatic carbocycles. The summed E-state index contributed by atoms with van der Waals surface area (Å²) in [6, 6.07) is -1.05. The van der Waals surface area contributed by atoms with Crippen molar-refractivity contribution >= 4 is 11.9 Å². The van der Waals surface area contributed by atoms with Crippen molar-refractivity contribution in [1.29, 1.82) is 0 Å². The summed E-state index contributed by atoms with van der Waals surface area (Å²) in [6.45, 7) is 5.55. The van der Waals surface area contributed by atoms with Crippen LogP contribution in [0.5, 0.6) is 0 Å². The van der Waals surface area contributed by atoms with Crippen LogP contribution in [0.3, 0.4) is 0 Å². The van der Waals surface area contributed by atoms with E-state index < -0.39 is 67.4 Å². The van der Waals surface area contributed by atoms with Crippen LogP contribution in [0.25, 0.3) is 0 Å². The summed E-state index contributed by atoms with van der Waals surface area (Å²) in [7, 11) is 0. The maximum atomic E-state index is 13.4. The minimum absolute atomic E-state index is 0.0216. The van der Waals surface area contributed by atoms with E-state index >= 15 is 0 Å². The van der Waals surface area contributed by atoms with Crippen LogP contribution in [0.15, 0.2) is 109 Å². The molecule has 1 rings (SSSR count). The summed E-state index contributed by atoms with van der Waals surface area (Å²) in [5, 5.41) is 56.9. The van der Waals surface area contributed by atoms with Crippen LogP contribution in [0.2, 0.25) is 0 Å². The van der Waals surface area contributed by atoms with Crippen molar-refractivity contribution in [3.8, 4) is 0 Å². The van der Waals surface area contributed by atoms with Crippen LogP contribution in [-0.4, -0.2) is 99.6 Å². The fourth-order valence-electron chi connectivity index (χ4n) is 8.75. The summed E-state index contributed by atoms with van der Waals surface area (Å²) in [4.78, 5) is 26.5. The predicted octanol–water partition coefficient (Wildman–Crippen LogP) is 14.1. The van der Waals surface area contributed by atoms with Gasteiger partial charge in [0.2, 0.25) is 5.91 Å². The molecular weight excluding hydrogens is 955 g/mol. The summed E-state index contributed by atoms with van der Waals surface area (Å²) >= 11 is 0. The number of ether oxygens (including phenoxy) is 3. The molecule has 1 saturated heterocycles. The second-order valence-corrected chi connectivity index (χ2v) is 20.5. The molecule has 0 spiro atoms. The van der Waals surface area contributed by atoms with E-state index in [1.807, 2.05) is 60.8 Å². The lowest BCUT2D eigenvalue weighted by molar-refractivity contribution is -0.305. The van der Waals surface area contributed by atoms with E-state index in [0.29, 0.717) is 19.3 Å². The Balaban J connectivity index is 2.70. The fourth-order valence-corrected chi connectivity index (χ4v) is 8.75. The van der Waals surface area contributed by atoms with Crippen molar-refractivity contribution in [1.82, 2.24) is 5.32 Å². The van der Waals surface area contributed by atoms with E-state index in [1.54, 1.807) is 6.08 Å². The summed E-state index contributed by atoms with van der Waals surface area (Å²) in [6.07, 6.45) is 60.0. The van der Waals surface area contributed by atoms with E-state index in [0.717, 1.165) is 70.6 Å². The topological polar surface area (TPSA) is 175 Å². The molecule has 1 amide bonds. The monoisotopic (exact) mass is 1060 g/mol. The second kappa shape index (κ2) is 52.0. The molecule has 434 valence electrons. The van der Waals surface area contributed by atoms with Gasteiger partial charge in [0, 0.05) is 6.42 Å². The molecule has 11 heteroatoms. The zero-order valence-electron chi connectivity index (χ0n) is 47.8. The van der Waals surface area contributed by atoms with Crippen molar-refractivity contribution in [3.05, 3.63) is 109 Å². The lowest BCUT2D eigenvalue weighted by Crippen LogP contribution is -2.61. The minimum Gasteiger partial charge on any atom is -0.454 e. The molecule has 8 unspecified atom stereocenters. The average molecular weight is 1060 g/mol. The Morgan fingerprint density at radius 2 is 1.00 bits per heavy atom. The van der Waals surface area contributed by atoms with Crippen molar-refractivity contribution < 1.29 is 49.3 Å². The largest absolute Gasteiger partial charge is 0.454 e. The summed E-state index contributed by atoms with van der Waals surface area (Å²) in [5.74, 6) is -1.28. The van der Waals surface area contributed by atoms with Crippen molar-refractivity contribution in [3.63, 3.8) is 0 Å². The van der Waals surface area contributed by atoms with Gasteiger partial charge in [-0.3, -0.25) is 9.59 Å². The third-order valence-electron chi connectivity index (χ3n) is 13.5.